The van der Waals surface area contributed by atoms with E-state index in [-0.39, 0.29) is 5.78 Å². The van der Waals surface area contributed by atoms with Gasteiger partial charge in [-0.1, -0.05) is 36.4 Å². The highest BCUT2D eigenvalue weighted by Crippen LogP contribution is 2.36. The standard InChI is InChI=1S/C20H21BN2O3/c1-19(2)20(3,4)26-21(25-19)15-10-11-17-22-16(13-23(17)12-15)18(24)14-8-6-5-7-9-14/h5-13H,1-4H3. The number of ketones is 1. The van der Waals surface area contributed by atoms with Gasteiger partial charge in [0.2, 0.25) is 5.78 Å². The molecule has 0 atom stereocenters. The van der Waals surface area contributed by atoms with Gasteiger partial charge < -0.3 is 13.7 Å². The quantitative estimate of drug-likeness (QED) is 0.540. The van der Waals surface area contributed by atoms with Crippen molar-refractivity contribution < 1.29 is 14.1 Å². The summed E-state index contributed by atoms with van der Waals surface area (Å²) < 4.78 is 14.0. The topological polar surface area (TPSA) is 52.8 Å². The number of hydrogen-bond donors (Lipinski definition) is 0. The van der Waals surface area contributed by atoms with Gasteiger partial charge in [-0.05, 0) is 39.2 Å². The second kappa shape index (κ2) is 5.79. The number of hydrogen-bond acceptors (Lipinski definition) is 4. The van der Waals surface area contributed by atoms with E-state index in [9.17, 15) is 4.79 Å². The molecule has 1 aromatic carbocycles. The van der Waals surface area contributed by atoms with Crippen LogP contribution in [-0.4, -0.2) is 33.5 Å². The molecule has 0 bridgehead atoms. The number of fused-ring (bicyclic) bond motifs is 1. The van der Waals surface area contributed by atoms with Crippen LogP contribution in [0.1, 0.15) is 43.7 Å². The van der Waals surface area contributed by atoms with Crippen molar-refractivity contribution in [2.24, 2.45) is 0 Å². The Kier molecular flexibility index (Phi) is 3.79. The van der Waals surface area contributed by atoms with Crippen LogP contribution in [0.2, 0.25) is 0 Å². The molecule has 0 amide bonds. The molecule has 1 aliphatic heterocycles. The van der Waals surface area contributed by atoms with Crippen LogP contribution in [0, 0.1) is 0 Å². The first-order valence-electron chi connectivity index (χ1n) is 8.71. The summed E-state index contributed by atoms with van der Waals surface area (Å²) in [7, 11) is -0.444. The molecule has 132 valence electrons. The highest BCUT2D eigenvalue weighted by Gasteiger charge is 2.51. The van der Waals surface area contributed by atoms with E-state index in [1.165, 1.54) is 0 Å². The van der Waals surface area contributed by atoms with Crippen LogP contribution in [0.4, 0.5) is 0 Å². The molecule has 1 aliphatic rings. The monoisotopic (exact) mass is 348 g/mol. The molecule has 0 unspecified atom stereocenters. The Morgan fingerprint density at radius 1 is 0.962 bits per heavy atom. The maximum absolute atomic E-state index is 12.6. The van der Waals surface area contributed by atoms with Crippen LogP contribution in [0.15, 0.2) is 54.9 Å². The van der Waals surface area contributed by atoms with Gasteiger partial charge in [-0.25, -0.2) is 4.98 Å². The first kappa shape index (κ1) is 17.0. The van der Waals surface area contributed by atoms with Crippen molar-refractivity contribution in [2.45, 2.75) is 38.9 Å². The molecular weight excluding hydrogens is 327 g/mol. The predicted octanol–water partition coefficient (Wildman–Crippen LogP) is 2.86. The average molecular weight is 348 g/mol. The first-order valence-corrected chi connectivity index (χ1v) is 8.71. The molecular formula is C20H21BN2O3. The van der Waals surface area contributed by atoms with Crippen molar-refractivity contribution in [3.63, 3.8) is 0 Å². The molecule has 3 heterocycles. The van der Waals surface area contributed by atoms with Gasteiger partial charge in [0.25, 0.3) is 0 Å². The summed E-state index contributed by atoms with van der Waals surface area (Å²) in [6, 6.07) is 13.0. The van der Waals surface area contributed by atoms with E-state index in [0.29, 0.717) is 16.9 Å². The van der Waals surface area contributed by atoms with Gasteiger partial charge in [-0.2, -0.15) is 0 Å². The Morgan fingerprint density at radius 2 is 1.62 bits per heavy atom. The first-order chi connectivity index (χ1) is 12.3. The average Bonchev–Trinajstić information content (AvgIpc) is 3.12. The summed E-state index contributed by atoms with van der Waals surface area (Å²) in [5.74, 6) is -0.0912. The van der Waals surface area contributed by atoms with Gasteiger partial charge in [0.05, 0.1) is 11.2 Å². The second-order valence-electron chi connectivity index (χ2n) is 7.64. The number of carbonyl (C=O) groups excluding carboxylic acids is 1. The van der Waals surface area contributed by atoms with Crippen LogP contribution in [0.25, 0.3) is 5.65 Å². The second-order valence-corrected chi connectivity index (χ2v) is 7.64. The van der Waals surface area contributed by atoms with Gasteiger partial charge in [-0.3, -0.25) is 4.79 Å². The molecule has 0 aliphatic carbocycles. The smallest absolute Gasteiger partial charge is 0.399 e. The number of pyridine rings is 1. The third-order valence-corrected chi connectivity index (χ3v) is 5.27. The Morgan fingerprint density at radius 3 is 2.27 bits per heavy atom. The van der Waals surface area contributed by atoms with Crippen LogP contribution in [-0.2, 0) is 9.31 Å². The van der Waals surface area contributed by atoms with Crippen LogP contribution < -0.4 is 5.46 Å². The summed E-state index contributed by atoms with van der Waals surface area (Å²) in [6.45, 7) is 8.11. The third kappa shape index (κ3) is 2.75. The number of carbonyl (C=O) groups is 1. The Labute approximate surface area is 153 Å². The molecule has 0 saturated carbocycles. The van der Waals surface area contributed by atoms with Crippen LogP contribution in [0.5, 0.6) is 0 Å². The highest BCUT2D eigenvalue weighted by molar-refractivity contribution is 6.62. The van der Waals surface area contributed by atoms with Crippen molar-refractivity contribution in [3.8, 4) is 0 Å². The van der Waals surface area contributed by atoms with Crippen molar-refractivity contribution in [1.82, 2.24) is 9.38 Å². The zero-order valence-electron chi connectivity index (χ0n) is 15.4. The Bertz CT molecular complexity index is 963. The summed E-state index contributed by atoms with van der Waals surface area (Å²) in [5.41, 5.74) is 1.87. The molecule has 1 fully saturated rings. The third-order valence-electron chi connectivity index (χ3n) is 5.27. The van der Waals surface area contributed by atoms with Gasteiger partial charge in [0, 0.05) is 18.0 Å². The number of nitrogens with zero attached hydrogens (tertiary/aromatic N) is 2. The molecule has 0 spiro atoms. The SMILES string of the molecule is CC1(C)OB(c2ccc3nc(C(=O)c4ccccc4)cn3c2)OC1(C)C. The largest absolute Gasteiger partial charge is 0.496 e. The lowest BCUT2D eigenvalue weighted by molar-refractivity contribution is 0.00578. The summed E-state index contributed by atoms with van der Waals surface area (Å²) in [4.78, 5) is 17.0. The van der Waals surface area contributed by atoms with Crippen LogP contribution >= 0.6 is 0 Å². The lowest BCUT2D eigenvalue weighted by Gasteiger charge is -2.32. The van der Waals surface area contributed by atoms with Crippen LogP contribution in [0.3, 0.4) is 0 Å². The molecule has 26 heavy (non-hydrogen) atoms. The fourth-order valence-electron chi connectivity index (χ4n) is 2.97. The molecule has 3 aromatic rings. The predicted molar refractivity (Wildman–Crippen MR) is 101 cm³/mol. The minimum Gasteiger partial charge on any atom is -0.399 e. The molecule has 0 radical (unpaired) electrons. The molecule has 5 nitrogen and oxygen atoms in total. The lowest BCUT2D eigenvalue weighted by atomic mass is 9.80. The normalized spacial score (nSPS) is 18.4. The van der Waals surface area contributed by atoms with Crippen molar-refractivity contribution in [2.75, 3.05) is 0 Å². The molecule has 6 heteroatoms. The van der Waals surface area contributed by atoms with E-state index in [2.05, 4.69) is 4.98 Å². The highest BCUT2D eigenvalue weighted by atomic mass is 16.7. The van der Waals surface area contributed by atoms with Gasteiger partial charge in [-0.15, -0.1) is 0 Å². The summed E-state index contributed by atoms with van der Waals surface area (Å²) in [5, 5.41) is 0. The number of imidazole rings is 1. The summed E-state index contributed by atoms with van der Waals surface area (Å²) in [6.07, 6.45) is 3.66. The lowest BCUT2D eigenvalue weighted by Crippen LogP contribution is -2.41. The Balaban J connectivity index is 1.66. The maximum atomic E-state index is 12.6. The van der Waals surface area contributed by atoms with E-state index in [1.54, 1.807) is 18.3 Å². The zero-order valence-corrected chi connectivity index (χ0v) is 15.4. The maximum Gasteiger partial charge on any atom is 0.496 e. The molecule has 2 aromatic heterocycles. The van der Waals surface area contributed by atoms with E-state index in [0.717, 1.165) is 5.46 Å². The zero-order chi connectivity index (χ0) is 18.5. The van der Waals surface area contributed by atoms with Gasteiger partial charge in [0.15, 0.2) is 0 Å². The fraction of sp³-hybridized carbons (Fsp3) is 0.300. The number of rotatable bonds is 3. The van der Waals surface area contributed by atoms with Crippen molar-refractivity contribution in [1.29, 1.82) is 0 Å². The van der Waals surface area contributed by atoms with E-state index in [4.69, 9.17) is 9.31 Å². The minimum atomic E-state index is -0.444. The van der Waals surface area contributed by atoms with E-state index in [1.807, 2.05) is 68.6 Å². The molecule has 1 saturated heterocycles. The molecule has 0 N–H and O–H groups in total. The Hall–Kier alpha value is -2.44. The van der Waals surface area contributed by atoms with E-state index >= 15 is 0 Å². The number of aromatic nitrogens is 2. The number of benzene rings is 1. The van der Waals surface area contributed by atoms with Gasteiger partial charge >= 0.3 is 7.12 Å². The van der Waals surface area contributed by atoms with E-state index < -0.39 is 18.3 Å². The summed E-state index contributed by atoms with van der Waals surface area (Å²) >= 11 is 0. The van der Waals surface area contributed by atoms with Crippen molar-refractivity contribution >= 4 is 24.0 Å². The minimum absolute atomic E-state index is 0.0912. The fourth-order valence-corrected chi connectivity index (χ4v) is 2.97. The van der Waals surface area contributed by atoms with Gasteiger partial charge in [0.1, 0.15) is 11.3 Å². The molecule has 4 rings (SSSR count). The van der Waals surface area contributed by atoms with Crippen molar-refractivity contribution in [3.05, 3.63) is 66.1 Å².